The van der Waals surface area contributed by atoms with Gasteiger partial charge >= 0.3 is 12.4 Å². The molecule has 0 saturated carbocycles. The molecule has 1 saturated heterocycles. The monoisotopic (exact) mass is 715 g/mol. The van der Waals surface area contributed by atoms with Gasteiger partial charge in [0.1, 0.15) is 5.75 Å². The normalized spacial score (nSPS) is 24.7. The summed E-state index contributed by atoms with van der Waals surface area (Å²) in [6.45, 7) is 0. The molecule has 2 amide bonds. The maximum Gasteiger partial charge on any atom is 0.416 e. The molecule has 7 rings (SSSR count). The van der Waals surface area contributed by atoms with Crippen LogP contribution in [0.4, 0.5) is 32.0 Å². The van der Waals surface area contributed by atoms with Crippen molar-refractivity contribution in [3.63, 3.8) is 0 Å². The van der Waals surface area contributed by atoms with Crippen molar-refractivity contribution in [3.8, 4) is 5.75 Å². The summed E-state index contributed by atoms with van der Waals surface area (Å²) in [5.74, 6) is -7.59. The number of hydrogen-bond acceptors (Lipinski definition) is 5. The van der Waals surface area contributed by atoms with Crippen LogP contribution in [-0.2, 0) is 31.5 Å². The lowest BCUT2D eigenvalue weighted by molar-refractivity contribution is -0.143. The minimum Gasteiger partial charge on any atom is -0.507 e. The van der Waals surface area contributed by atoms with E-state index in [4.69, 9.17) is 0 Å². The van der Waals surface area contributed by atoms with E-state index in [1.54, 1.807) is 42.5 Å². The van der Waals surface area contributed by atoms with Crippen molar-refractivity contribution in [1.82, 2.24) is 0 Å². The number of amides is 2. The molecule has 3 aromatic rings. The lowest BCUT2D eigenvalue weighted by Crippen LogP contribution is -2.39. The van der Waals surface area contributed by atoms with E-state index in [1.807, 2.05) is 0 Å². The number of hydrogen-bond donors (Lipinski definition) is 1. The molecule has 0 spiro atoms. The lowest BCUT2D eigenvalue weighted by Gasteiger charge is -2.42. The van der Waals surface area contributed by atoms with Crippen LogP contribution in [0.25, 0.3) is 10.8 Å². The molecule has 4 atom stereocenters. The second-order valence-corrected chi connectivity index (χ2v) is 12.7. The van der Waals surface area contributed by atoms with Crippen LogP contribution < -0.4 is 4.90 Å². The van der Waals surface area contributed by atoms with Gasteiger partial charge in [0.25, 0.3) is 0 Å². The number of phenolic OH excluding ortho intramolecular Hbond substituents is 1. The van der Waals surface area contributed by atoms with Gasteiger partial charge in [-0.25, -0.2) is 4.90 Å². The number of nitrogens with zero attached hydrogens (tertiary/aromatic N) is 1. The molecular weight excluding hydrogens is 696 g/mol. The van der Waals surface area contributed by atoms with Crippen LogP contribution in [0.1, 0.15) is 35.4 Å². The van der Waals surface area contributed by atoms with E-state index in [1.165, 1.54) is 0 Å². The van der Waals surface area contributed by atoms with Crippen LogP contribution in [0.5, 0.6) is 5.75 Å². The van der Waals surface area contributed by atoms with Crippen LogP contribution in [-0.4, -0.2) is 28.5 Å². The van der Waals surface area contributed by atoms with Crippen LogP contribution >= 0.6 is 15.9 Å². The Balaban J connectivity index is 1.37. The number of benzene rings is 3. The molecule has 0 aromatic heterocycles. The summed E-state index contributed by atoms with van der Waals surface area (Å²) in [7, 11) is 0. The molecule has 1 N–H and O–H groups in total. The number of anilines is 1. The molecule has 240 valence electrons. The van der Waals surface area contributed by atoms with Crippen LogP contribution in [0.2, 0.25) is 0 Å². The fourth-order valence-corrected chi connectivity index (χ4v) is 7.84. The Morgan fingerprint density at radius 3 is 2.15 bits per heavy atom. The molecule has 13 heteroatoms. The van der Waals surface area contributed by atoms with Crippen molar-refractivity contribution in [2.45, 2.75) is 31.1 Å². The first kappa shape index (κ1) is 31.1. The Labute approximate surface area is 270 Å². The van der Waals surface area contributed by atoms with Crippen molar-refractivity contribution in [3.05, 3.63) is 105 Å². The van der Waals surface area contributed by atoms with Gasteiger partial charge in [0.05, 0.1) is 33.1 Å². The van der Waals surface area contributed by atoms with Crippen LogP contribution in [0.15, 0.2) is 88.0 Å². The number of Topliss-reactive ketones (excluding diaryl/α,β-unsaturated/α-hetero) is 1. The van der Waals surface area contributed by atoms with Crippen LogP contribution in [0.3, 0.4) is 0 Å². The molecule has 47 heavy (non-hydrogen) atoms. The summed E-state index contributed by atoms with van der Waals surface area (Å²) in [6, 6.07) is 10.8. The predicted molar refractivity (Wildman–Crippen MR) is 159 cm³/mol. The van der Waals surface area contributed by atoms with Gasteiger partial charge in [0.2, 0.25) is 11.8 Å². The van der Waals surface area contributed by atoms with Crippen molar-refractivity contribution in [1.29, 1.82) is 0 Å². The van der Waals surface area contributed by atoms with Gasteiger partial charge in [-0.1, -0.05) is 48.0 Å². The number of halogens is 7. The quantitative estimate of drug-likeness (QED) is 0.128. The third-order valence-electron chi connectivity index (χ3n) is 9.40. The molecule has 1 fully saturated rings. The fourth-order valence-electron chi connectivity index (χ4n) is 7.39. The highest BCUT2D eigenvalue weighted by atomic mass is 79.9. The first-order valence-electron chi connectivity index (χ1n) is 14.3. The van der Waals surface area contributed by atoms with Crippen LogP contribution in [0, 0.1) is 17.8 Å². The number of imide groups is 1. The molecule has 3 aromatic carbocycles. The smallest absolute Gasteiger partial charge is 0.416 e. The van der Waals surface area contributed by atoms with Crippen molar-refractivity contribution >= 4 is 55.8 Å². The average Bonchev–Trinajstić information content (AvgIpc) is 3.27. The molecule has 1 heterocycles. The van der Waals surface area contributed by atoms with E-state index >= 15 is 0 Å². The Hall–Kier alpha value is -4.52. The van der Waals surface area contributed by atoms with Gasteiger partial charge in [-0.2, -0.15) is 26.3 Å². The first-order valence-corrected chi connectivity index (χ1v) is 15.1. The van der Waals surface area contributed by atoms with E-state index in [0.717, 1.165) is 6.08 Å². The third-order valence-corrected chi connectivity index (χ3v) is 9.99. The molecular formula is C34H20BrF6NO5. The Kier molecular flexibility index (Phi) is 6.94. The van der Waals surface area contributed by atoms with Gasteiger partial charge < -0.3 is 5.11 Å². The number of allylic oxidation sites excluding steroid dienone is 6. The zero-order valence-corrected chi connectivity index (χ0v) is 25.3. The molecule has 0 bridgehead atoms. The van der Waals surface area contributed by atoms with E-state index in [-0.39, 0.29) is 45.8 Å². The number of rotatable bonds is 2. The van der Waals surface area contributed by atoms with E-state index in [9.17, 15) is 50.6 Å². The van der Waals surface area contributed by atoms with E-state index in [2.05, 4.69) is 15.9 Å². The summed E-state index contributed by atoms with van der Waals surface area (Å²) < 4.78 is 82.0. The second-order valence-electron chi connectivity index (χ2n) is 11.9. The maximum absolute atomic E-state index is 14.1. The number of phenols is 1. The van der Waals surface area contributed by atoms with Crippen molar-refractivity contribution in [2.75, 3.05) is 4.90 Å². The lowest BCUT2D eigenvalue weighted by atomic mass is 9.59. The highest BCUT2D eigenvalue weighted by Gasteiger charge is 2.57. The summed E-state index contributed by atoms with van der Waals surface area (Å²) in [5, 5.41) is 12.6. The van der Waals surface area contributed by atoms with Crippen molar-refractivity contribution < 1.29 is 50.6 Å². The molecule has 0 unspecified atom stereocenters. The highest BCUT2D eigenvalue weighted by molar-refractivity contribution is 9.12. The summed E-state index contributed by atoms with van der Waals surface area (Å²) in [6.07, 6.45) is -7.97. The SMILES string of the molecule is O=C1C=C(Br)C(=O)C2=C1[C@@H](c1ccc3ccccc3c1O)C1=CC[C@@H]3C(=O)N(c4cc(C(F)(F)F)cc(C(F)(F)F)c4)C(=O)[C@@H]3[C@@H]1C2. The number of ketones is 2. The predicted octanol–water partition coefficient (Wildman–Crippen LogP) is 7.55. The molecule has 6 nitrogen and oxygen atoms in total. The summed E-state index contributed by atoms with van der Waals surface area (Å²) >= 11 is 3.11. The summed E-state index contributed by atoms with van der Waals surface area (Å²) in [5.41, 5.74) is -3.39. The minimum absolute atomic E-state index is 0.0402. The molecule has 4 aliphatic rings. The zero-order chi connectivity index (χ0) is 33.7. The second kappa shape index (κ2) is 10.5. The molecule has 1 aliphatic heterocycles. The zero-order valence-electron chi connectivity index (χ0n) is 23.7. The number of fused-ring (bicyclic) bond motifs is 4. The fraction of sp³-hybridized carbons (Fsp3) is 0.235. The van der Waals surface area contributed by atoms with Gasteiger partial charge in [-0.3, -0.25) is 19.2 Å². The number of aromatic hydroxyl groups is 1. The van der Waals surface area contributed by atoms with Crippen molar-refractivity contribution in [2.24, 2.45) is 17.8 Å². The number of carbonyl (C=O) groups excluding carboxylic acids is 4. The Morgan fingerprint density at radius 1 is 0.830 bits per heavy atom. The van der Waals surface area contributed by atoms with Gasteiger partial charge in [-0.05, 0) is 58.3 Å². The van der Waals surface area contributed by atoms with E-state index in [0.29, 0.717) is 33.4 Å². The van der Waals surface area contributed by atoms with Gasteiger partial charge in [0, 0.05) is 34.1 Å². The first-order chi connectivity index (χ1) is 22.1. The molecule has 3 aliphatic carbocycles. The molecule has 0 radical (unpaired) electrons. The van der Waals surface area contributed by atoms with E-state index < -0.39 is 76.2 Å². The standard InChI is InChI=1S/C34H20BrF6NO5/c35-24-13-25(43)28-23(30(24)45)12-22-19(26(28)20-6-5-14-3-1-2-4-18(14)29(20)44)7-8-21-27(22)32(47)42(31(21)46)17-10-15(33(36,37)38)9-16(11-17)34(39,40)41/h1-7,9-11,13,21-22,26-27,44H,8,12H2/t21-,22+,26+,27-/m0/s1. The largest absolute Gasteiger partial charge is 0.507 e. The third kappa shape index (κ3) is 4.77. The minimum atomic E-state index is -5.21. The average molecular weight is 716 g/mol. The van der Waals surface area contributed by atoms with Gasteiger partial charge in [-0.15, -0.1) is 0 Å². The Bertz CT molecular complexity index is 2030. The number of alkyl halides is 6. The Morgan fingerprint density at radius 2 is 1.49 bits per heavy atom. The maximum atomic E-state index is 14.1. The number of carbonyl (C=O) groups is 4. The van der Waals surface area contributed by atoms with Gasteiger partial charge in [0.15, 0.2) is 11.6 Å². The summed E-state index contributed by atoms with van der Waals surface area (Å²) in [4.78, 5) is 55.0. The topological polar surface area (TPSA) is 91.8 Å². The highest BCUT2D eigenvalue weighted by Crippen LogP contribution is 2.57.